The highest BCUT2D eigenvalue weighted by Crippen LogP contribution is 2.36. The molecular weight excluding hydrogens is 349 g/mol. The van der Waals surface area contributed by atoms with Crippen molar-refractivity contribution in [2.45, 2.75) is 32.0 Å². The predicted molar refractivity (Wildman–Crippen MR) is 86.7 cm³/mol. The topological polar surface area (TPSA) is 66.5 Å². The number of halogens is 3. The van der Waals surface area contributed by atoms with Crippen molar-refractivity contribution in [3.63, 3.8) is 0 Å². The lowest BCUT2D eigenvalue weighted by Gasteiger charge is -2.22. The Balaban J connectivity index is 1.74. The second-order valence-corrected chi connectivity index (χ2v) is 6.45. The van der Waals surface area contributed by atoms with E-state index < -0.39 is 47.3 Å². The van der Waals surface area contributed by atoms with Crippen molar-refractivity contribution in [2.75, 3.05) is 5.32 Å². The molecule has 3 rings (SSSR count). The molecule has 2 aliphatic rings. The fourth-order valence-electron chi connectivity index (χ4n) is 3.34. The maximum absolute atomic E-state index is 12.8. The molecule has 3 amide bonds. The molecule has 138 valence electrons. The number of allylic oxidation sites excluding steroid dienone is 2. The first-order valence-electron chi connectivity index (χ1n) is 8.20. The van der Waals surface area contributed by atoms with Gasteiger partial charge in [0.05, 0.1) is 17.4 Å². The molecule has 1 aliphatic heterocycles. The lowest BCUT2D eigenvalue weighted by Crippen LogP contribution is -2.46. The molecule has 26 heavy (non-hydrogen) atoms. The summed E-state index contributed by atoms with van der Waals surface area (Å²) in [4.78, 5) is 38.3. The normalized spacial score (nSPS) is 23.8. The Morgan fingerprint density at radius 2 is 1.73 bits per heavy atom. The second-order valence-electron chi connectivity index (χ2n) is 6.45. The fraction of sp³-hybridized carbons (Fsp3) is 0.389. The van der Waals surface area contributed by atoms with Crippen LogP contribution in [0.2, 0.25) is 0 Å². The van der Waals surface area contributed by atoms with Crippen molar-refractivity contribution in [3.05, 3.63) is 42.0 Å². The summed E-state index contributed by atoms with van der Waals surface area (Å²) in [7, 11) is 0. The van der Waals surface area contributed by atoms with Crippen LogP contribution in [0.15, 0.2) is 36.4 Å². The number of anilines is 1. The fourth-order valence-corrected chi connectivity index (χ4v) is 3.34. The van der Waals surface area contributed by atoms with E-state index in [4.69, 9.17) is 0 Å². The van der Waals surface area contributed by atoms with Crippen LogP contribution in [0.5, 0.6) is 0 Å². The summed E-state index contributed by atoms with van der Waals surface area (Å²) < 4.78 is 38.3. The number of hydrogen-bond acceptors (Lipinski definition) is 3. The lowest BCUT2D eigenvalue weighted by atomic mass is 9.85. The highest BCUT2D eigenvalue weighted by molar-refractivity contribution is 6.10. The quantitative estimate of drug-likeness (QED) is 0.661. The van der Waals surface area contributed by atoms with E-state index in [1.54, 1.807) is 0 Å². The van der Waals surface area contributed by atoms with Gasteiger partial charge in [-0.2, -0.15) is 13.2 Å². The van der Waals surface area contributed by atoms with Gasteiger partial charge in [0, 0.05) is 5.69 Å². The third kappa shape index (κ3) is 3.23. The van der Waals surface area contributed by atoms with E-state index in [1.807, 2.05) is 12.2 Å². The number of carbonyl (C=O) groups excluding carboxylic acids is 3. The zero-order valence-corrected chi connectivity index (χ0v) is 13.9. The van der Waals surface area contributed by atoms with E-state index in [-0.39, 0.29) is 5.69 Å². The zero-order valence-electron chi connectivity index (χ0n) is 13.9. The molecular formula is C18H17F3N2O3. The molecule has 0 aromatic heterocycles. The van der Waals surface area contributed by atoms with E-state index in [2.05, 4.69) is 5.32 Å². The number of hydrogen-bond donors (Lipinski definition) is 1. The second kappa shape index (κ2) is 6.59. The van der Waals surface area contributed by atoms with Crippen molar-refractivity contribution < 1.29 is 27.6 Å². The standard InChI is InChI=1S/C18H17F3N2O3/c1-10(23-16(25)13-7-2-3-8-14(13)17(23)26)15(24)22-12-6-4-5-11(9-12)18(19,20)21/h2-6,9-10,13-14H,7-8H2,1H3,(H,22,24)/t10-,13+,14+/m0/s1. The Labute approximate surface area is 147 Å². The molecule has 0 radical (unpaired) electrons. The Kier molecular flexibility index (Phi) is 4.60. The average Bonchev–Trinajstić information content (AvgIpc) is 2.85. The Morgan fingerprint density at radius 1 is 1.15 bits per heavy atom. The first kappa shape index (κ1) is 18.2. The van der Waals surface area contributed by atoms with Crippen LogP contribution >= 0.6 is 0 Å². The number of nitrogens with one attached hydrogen (secondary N) is 1. The van der Waals surface area contributed by atoms with Gasteiger partial charge in [0.15, 0.2) is 0 Å². The summed E-state index contributed by atoms with van der Waals surface area (Å²) in [5, 5.41) is 2.35. The number of benzene rings is 1. The minimum atomic E-state index is -4.53. The van der Waals surface area contributed by atoms with Crippen LogP contribution in [0.4, 0.5) is 18.9 Å². The number of fused-ring (bicyclic) bond motifs is 1. The molecule has 0 bridgehead atoms. The summed E-state index contributed by atoms with van der Waals surface area (Å²) in [5.41, 5.74) is -0.941. The van der Waals surface area contributed by atoms with E-state index >= 15 is 0 Å². The highest BCUT2D eigenvalue weighted by Gasteiger charge is 2.50. The summed E-state index contributed by atoms with van der Waals surface area (Å²) in [6.45, 7) is 1.39. The summed E-state index contributed by atoms with van der Waals surface area (Å²) in [6.07, 6.45) is 0.0454. The van der Waals surface area contributed by atoms with Gasteiger partial charge in [0.2, 0.25) is 17.7 Å². The summed E-state index contributed by atoms with van der Waals surface area (Å²) >= 11 is 0. The van der Waals surface area contributed by atoms with Gasteiger partial charge in [0.25, 0.3) is 0 Å². The maximum Gasteiger partial charge on any atom is 0.416 e. The highest BCUT2D eigenvalue weighted by atomic mass is 19.4. The van der Waals surface area contributed by atoms with Crippen LogP contribution in [0.1, 0.15) is 25.3 Å². The first-order valence-corrected chi connectivity index (χ1v) is 8.20. The number of nitrogens with zero attached hydrogens (tertiary/aromatic N) is 1. The lowest BCUT2D eigenvalue weighted by molar-refractivity contribution is -0.146. The third-order valence-corrected chi connectivity index (χ3v) is 4.77. The van der Waals surface area contributed by atoms with Gasteiger partial charge < -0.3 is 5.32 Å². The molecule has 5 nitrogen and oxygen atoms in total. The molecule has 1 N–H and O–H groups in total. The average molecular weight is 366 g/mol. The minimum absolute atomic E-state index is 0.0464. The molecule has 3 atom stereocenters. The molecule has 0 spiro atoms. The van der Waals surface area contributed by atoms with E-state index in [0.29, 0.717) is 12.8 Å². The molecule has 1 fully saturated rings. The number of carbonyl (C=O) groups is 3. The summed E-state index contributed by atoms with van der Waals surface area (Å²) in [5.74, 6) is -2.45. The van der Waals surface area contributed by atoms with E-state index in [1.165, 1.54) is 19.1 Å². The van der Waals surface area contributed by atoms with E-state index in [0.717, 1.165) is 17.0 Å². The Morgan fingerprint density at radius 3 is 2.27 bits per heavy atom. The Hall–Kier alpha value is -2.64. The molecule has 0 saturated carbocycles. The van der Waals surface area contributed by atoms with E-state index in [9.17, 15) is 27.6 Å². The van der Waals surface area contributed by atoms with Crippen LogP contribution in [-0.4, -0.2) is 28.7 Å². The minimum Gasteiger partial charge on any atom is -0.324 e. The molecule has 1 saturated heterocycles. The number of amides is 3. The molecule has 0 unspecified atom stereocenters. The molecule has 1 heterocycles. The van der Waals surface area contributed by atoms with Gasteiger partial charge in [-0.25, -0.2) is 0 Å². The number of alkyl halides is 3. The maximum atomic E-state index is 12.8. The van der Waals surface area contributed by atoms with Crippen LogP contribution < -0.4 is 5.32 Å². The largest absolute Gasteiger partial charge is 0.416 e. The van der Waals surface area contributed by atoms with Crippen LogP contribution in [0.25, 0.3) is 0 Å². The SMILES string of the molecule is C[C@@H](C(=O)Nc1cccc(C(F)(F)F)c1)N1C(=O)[C@@H]2CC=CC[C@H]2C1=O. The molecule has 1 aromatic carbocycles. The predicted octanol–water partition coefficient (Wildman–Crippen LogP) is 2.98. The Bertz CT molecular complexity index is 762. The third-order valence-electron chi connectivity index (χ3n) is 4.77. The smallest absolute Gasteiger partial charge is 0.324 e. The van der Waals surface area contributed by atoms with Crippen molar-refractivity contribution in [1.82, 2.24) is 4.90 Å². The van der Waals surface area contributed by atoms with Gasteiger partial charge in [-0.05, 0) is 38.0 Å². The molecule has 1 aromatic rings. The van der Waals surface area contributed by atoms with Gasteiger partial charge in [0.1, 0.15) is 6.04 Å². The van der Waals surface area contributed by atoms with Crippen molar-refractivity contribution in [1.29, 1.82) is 0 Å². The van der Waals surface area contributed by atoms with Gasteiger partial charge in [-0.3, -0.25) is 19.3 Å². The van der Waals surface area contributed by atoms with Crippen LogP contribution in [-0.2, 0) is 20.6 Å². The van der Waals surface area contributed by atoms with Crippen molar-refractivity contribution in [3.8, 4) is 0 Å². The summed E-state index contributed by atoms with van der Waals surface area (Å²) in [6, 6.07) is 3.09. The monoisotopic (exact) mass is 366 g/mol. The van der Waals surface area contributed by atoms with Crippen molar-refractivity contribution in [2.24, 2.45) is 11.8 Å². The molecule has 1 aliphatic carbocycles. The zero-order chi connectivity index (χ0) is 19.1. The van der Waals surface area contributed by atoms with Crippen LogP contribution in [0, 0.1) is 11.8 Å². The number of likely N-dealkylation sites (tertiary alicyclic amines) is 1. The van der Waals surface area contributed by atoms with Gasteiger partial charge >= 0.3 is 6.18 Å². The number of imide groups is 1. The van der Waals surface area contributed by atoms with Gasteiger partial charge in [-0.15, -0.1) is 0 Å². The first-order chi connectivity index (χ1) is 12.2. The van der Waals surface area contributed by atoms with Gasteiger partial charge in [-0.1, -0.05) is 18.2 Å². The number of rotatable bonds is 3. The van der Waals surface area contributed by atoms with Crippen LogP contribution in [0.3, 0.4) is 0 Å². The molecule has 8 heteroatoms. The van der Waals surface area contributed by atoms with Crippen molar-refractivity contribution >= 4 is 23.4 Å².